The Morgan fingerprint density at radius 3 is 3.14 bits per heavy atom. The quantitative estimate of drug-likeness (QED) is 0.718. The Bertz CT molecular complexity index is 276. The van der Waals surface area contributed by atoms with Gasteiger partial charge in [-0.15, -0.1) is 5.10 Å². The molecule has 0 saturated carbocycles. The molecule has 0 spiro atoms. The van der Waals surface area contributed by atoms with Crippen LogP contribution in [0.25, 0.3) is 0 Å². The van der Waals surface area contributed by atoms with Crippen molar-refractivity contribution in [2.24, 2.45) is 11.7 Å². The summed E-state index contributed by atoms with van der Waals surface area (Å²) in [7, 11) is 0. The third kappa shape index (κ3) is 1.98. The monoisotopic (exact) mass is 193 g/mol. The fraction of sp³-hybridized carbons (Fsp3) is 0.667. The summed E-state index contributed by atoms with van der Waals surface area (Å²) in [5, 5.41) is 7.82. The Balaban J connectivity index is 2.04. The molecule has 1 saturated heterocycles. The highest BCUT2D eigenvalue weighted by Crippen LogP contribution is 2.18. The lowest BCUT2D eigenvalue weighted by molar-refractivity contribution is 0.418. The first-order valence-electron chi connectivity index (χ1n) is 4.99. The van der Waals surface area contributed by atoms with E-state index in [-0.39, 0.29) is 0 Å². The number of hydrogen-bond acceptors (Lipinski definition) is 5. The molecule has 1 aliphatic heterocycles. The summed E-state index contributed by atoms with van der Waals surface area (Å²) >= 11 is 0. The molecule has 1 unspecified atom stereocenters. The minimum Gasteiger partial charge on any atom is -0.339 e. The standard InChI is InChI=1S/C9H15N5/c10-6-8-2-1-5-14(7-8)9-11-3-4-12-13-9/h3-4,8H,1-2,5-7,10H2. The van der Waals surface area contributed by atoms with Crippen molar-refractivity contribution in [2.45, 2.75) is 12.8 Å². The van der Waals surface area contributed by atoms with Crippen LogP contribution in [0.4, 0.5) is 5.95 Å². The molecule has 1 aliphatic rings. The molecule has 1 aromatic rings. The van der Waals surface area contributed by atoms with E-state index < -0.39 is 0 Å². The third-order valence-electron chi connectivity index (χ3n) is 2.61. The van der Waals surface area contributed by atoms with Gasteiger partial charge in [0.05, 0.1) is 12.4 Å². The van der Waals surface area contributed by atoms with Gasteiger partial charge in [-0.2, -0.15) is 5.10 Å². The number of hydrogen-bond donors (Lipinski definition) is 1. The predicted octanol–water partition coefficient (Wildman–Crippen LogP) is 0.0467. The molecule has 0 bridgehead atoms. The van der Waals surface area contributed by atoms with Gasteiger partial charge in [0.2, 0.25) is 5.95 Å². The molecule has 2 N–H and O–H groups in total. The zero-order chi connectivity index (χ0) is 9.80. The fourth-order valence-corrected chi connectivity index (χ4v) is 1.82. The molecule has 0 aromatic carbocycles. The van der Waals surface area contributed by atoms with Gasteiger partial charge in [0.15, 0.2) is 0 Å². The number of rotatable bonds is 2. The summed E-state index contributed by atoms with van der Waals surface area (Å²) in [4.78, 5) is 6.34. The van der Waals surface area contributed by atoms with Crippen LogP contribution in [0.15, 0.2) is 12.4 Å². The van der Waals surface area contributed by atoms with Gasteiger partial charge in [-0.25, -0.2) is 4.98 Å². The van der Waals surface area contributed by atoms with E-state index in [9.17, 15) is 0 Å². The SMILES string of the molecule is NCC1CCCN(c2nccnn2)C1. The van der Waals surface area contributed by atoms with Crippen molar-refractivity contribution < 1.29 is 0 Å². The van der Waals surface area contributed by atoms with E-state index >= 15 is 0 Å². The van der Waals surface area contributed by atoms with Gasteiger partial charge in [0.1, 0.15) is 0 Å². The average Bonchev–Trinajstić information content (AvgIpc) is 2.30. The second kappa shape index (κ2) is 4.32. The van der Waals surface area contributed by atoms with Crippen LogP contribution in [0, 0.1) is 5.92 Å². The molecule has 2 rings (SSSR count). The zero-order valence-corrected chi connectivity index (χ0v) is 8.13. The molecule has 0 aliphatic carbocycles. The van der Waals surface area contributed by atoms with E-state index in [0.29, 0.717) is 5.92 Å². The van der Waals surface area contributed by atoms with Crippen LogP contribution < -0.4 is 10.6 Å². The van der Waals surface area contributed by atoms with Gasteiger partial charge in [-0.05, 0) is 25.3 Å². The first-order valence-corrected chi connectivity index (χ1v) is 4.99. The van der Waals surface area contributed by atoms with Crippen molar-refractivity contribution in [3.63, 3.8) is 0 Å². The van der Waals surface area contributed by atoms with E-state index in [1.807, 2.05) is 0 Å². The predicted molar refractivity (Wildman–Crippen MR) is 53.8 cm³/mol. The lowest BCUT2D eigenvalue weighted by Gasteiger charge is -2.31. The topological polar surface area (TPSA) is 67.9 Å². The summed E-state index contributed by atoms with van der Waals surface area (Å²) in [5.41, 5.74) is 5.66. The van der Waals surface area contributed by atoms with Crippen LogP contribution in [0.3, 0.4) is 0 Å². The van der Waals surface area contributed by atoms with Crippen LogP contribution in [0.2, 0.25) is 0 Å². The number of piperidine rings is 1. The molecule has 1 aromatic heterocycles. The van der Waals surface area contributed by atoms with Crippen molar-refractivity contribution in [1.82, 2.24) is 15.2 Å². The van der Waals surface area contributed by atoms with Gasteiger partial charge >= 0.3 is 0 Å². The maximum Gasteiger partial charge on any atom is 0.245 e. The molecular formula is C9H15N5. The highest BCUT2D eigenvalue weighted by molar-refractivity contribution is 5.27. The van der Waals surface area contributed by atoms with Gasteiger partial charge in [-0.3, -0.25) is 0 Å². The largest absolute Gasteiger partial charge is 0.339 e. The Labute approximate surface area is 83.3 Å². The van der Waals surface area contributed by atoms with E-state index in [0.717, 1.165) is 25.6 Å². The van der Waals surface area contributed by atoms with E-state index in [4.69, 9.17) is 5.73 Å². The number of nitrogens with zero attached hydrogens (tertiary/aromatic N) is 4. The van der Waals surface area contributed by atoms with Crippen LogP contribution in [-0.4, -0.2) is 34.8 Å². The molecule has 1 fully saturated rings. The highest BCUT2D eigenvalue weighted by Gasteiger charge is 2.20. The summed E-state index contributed by atoms with van der Waals surface area (Å²) in [6, 6.07) is 0. The highest BCUT2D eigenvalue weighted by atomic mass is 15.3. The Kier molecular flexibility index (Phi) is 2.88. The first-order chi connectivity index (χ1) is 6.90. The van der Waals surface area contributed by atoms with E-state index in [1.165, 1.54) is 12.8 Å². The Hall–Kier alpha value is -1.23. The number of anilines is 1. The average molecular weight is 193 g/mol. The van der Waals surface area contributed by atoms with Gasteiger partial charge < -0.3 is 10.6 Å². The lowest BCUT2D eigenvalue weighted by Crippen LogP contribution is -2.39. The van der Waals surface area contributed by atoms with Crippen LogP contribution in [0.5, 0.6) is 0 Å². The van der Waals surface area contributed by atoms with Gasteiger partial charge in [0, 0.05) is 13.1 Å². The molecule has 0 radical (unpaired) electrons. The molecule has 14 heavy (non-hydrogen) atoms. The van der Waals surface area contributed by atoms with Crippen molar-refractivity contribution in [3.8, 4) is 0 Å². The zero-order valence-electron chi connectivity index (χ0n) is 8.13. The smallest absolute Gasteiger partial charge is 0.245 e. The van der Waals surface area contributed by atoms with Crippen molar-refractivity contribution in [3.05, 3.63) is 12.4 Å². The first kappa shape index (κ1) is 9.33. The minimum atomic E-state index is 0.576. The summed E-state index contributed by atoms with van der Waals surface area (Å²) in [5.74, 6) is 1.30. The molecule has 5 heteroatoms. The third-order valence-corrected chi connectivity index (χ3v) is 2.61. The fourth-order valence-electron chi connectivity index (χ4n) is 1.82. The van der Waals surface area contributed by atoms with Crippen molar-refractivity contribution >= 4 is 5.95 Å². The van der Waals surface area contributed by atoms with E-state index in [1.54, 1.807) is 12.4 Å². The molecule has 2 heterocycles. The molecule has 1 atom stereocenters. The summed E-state index contributed by atoms with van der Waals surface area (Å²) in [6.07, 6.45) is 5.65. The summed E-state index contributed by atoms with van der Waals surface area (Å²) < 4.78 is 0. The van der Waals surface area contributed by atoms with Crippen LogP contribution in [0.1, 0.15) is 12.8 Å². The van der Waals surface area contributed by atoms with Gasteiger partial charge in [-0.1, -0.05) is 0 Å². The Morgan fingerprint density at radius 2 is 2.43 bits per heavy atom. The van der Waals surface area contributed by atoms with Crippen molar-refractivity contribution in [1.29, 1.82) is 0 Å². The van der Waals surface area contributed by atoms with Crippen LogP contribution in [-0.2, 0) is 0 Å². The van der Waals surface area contributed by atoms with Crippen LogP contribution >= 0.6 is 0 Å². The minimum absolute atomic E-state index is 0.576. The second-order valence-corrected chi connectivity index (χ2v) is 3.63. The number of nitrogens with two attached hydrogens (primary N) is 1. The maximum atomic E-state index is 5.66. The number of aromatic nitrogens is 3. The molecular weight excluding hydrogens is 178 g/mol. The van der Waals surface area contributed by atoms with Crippen molar-refractivity contribution in [2.75, 3.05) is 24.5 Å². The Morgan fingerprint density at radius 1 is 1.50 bits per heavy atom. The normalized spacial score (nSPS) is 22.4. The summed E-state index contributed by atoms with van der Waals surface area (Å²) in [6.45, 7) is 2.72. The molecule has 76 valence electrons. The second-order valence-electron chi connectivity index (χ2n) is 3.63. The van der Waals surface area contributed by atoms with E-state index in [2.05, 4.69) is 20.1 Å². The van der Waals surface area contributed by atoms with Gasteiger partial charge in [0.25, 0.3) is 0 Å². The lowest BCUT2D eigenvalue weighted by atomic mass is 9.99. The molecule has 5 nitrogen and oxygen atoms in total. The molecule has 0 amide bonds. The maximum absolute atomic E-state index is 5.66.